The molecule has 2 heterocycles. The van der Waals surface area contributed by atoms with Crippen LogP contribution in [0.15, 0.2) is 24.3 Å². The Labute approximate surface area is 261 Å². The zero-order valence-electron chi connectivity index (χ0n) is 27.9. The first-order valence-electron chi connectivity index (χ1n) is 18.6. The van der Waals surface area contributed by atoms with E-state index in [4.69, 9.17) is 0 Å². The predicted molar refractivity (Wildman–Crippen MR) is 180 cm³/mol. The van der Waals surface area contributed by atoms with Crippen molar-refractivity contribution in [3.63, 3.8) is 0 Å². The lowest BCUT2D eigenvalue weighted by atomic mass is 9.54. The minimum absolute atomic E-state index is 0.156. The maximum Gasteiger partial charge on any atom is 0.179 e. The molecule has 2 aromatic rings. The Morgan fingerprint density at radius 3 is 1.51 bits per heavy atom. The van der Waals surface area contributed by atoms with Gasteiger partial charge in [0.05, 0.1) is 19.8 Å². The molecule has 0 N–H and O–H groups in total. The summed E-state index contributed by atoms with van der Waals surface area (Å²) < 4.78 is 1.000. The van der Waals surface area contributed by atoms with Gasteiger partial charge in [0.15, 0.2) is 11.9 Å². The summed E-state index contributed by atoms with van der Waals surface area (Å²) in [6.45, 7) is 10.4. The van der Waals surface area contributed by atoms with Gasteiger partial charge < -0.3 is 0 Å². The highest BCUT2D eigenvalue weighted by molar-refractivity contribution is 5.87. The van der Waals surface area contributed by atoms with Crippen LogP contribution in [0.1, 0.15) is 156 Å². The summed E-state index contributed by atoms with van der Waals surface area (Å²) in [5.41, 5.74) is 13.9. The van der Waals surface area contributed by atoms with Gasteiger partial charge >= 0.3 is 0 Å². The number of anilines is 2. The van der Waals surface area contributed by atoms with Crippen molar-refractivity contribution in [2.75, 3.05) is 19.0 Å². The zero-order valence-corrected chi connectivity index (χ0v) is 27.9. The second-order valence-corrected chi connectivity index (χ2v) is 18.3. The first kappa shape index (κ1) is 26.4. The molecule has 0 amide bonds. The second kappa shape index (κ2) is 8.31. The lowest BCUT2D eigenvalue weighted by Gasteiger charge is -2.59. The molecule has 10 aliphatic rings. The van der Waals surface area contributed by atoms with Crippen LogP contribution in [-0.2, 0) is 5.41 Å². The van der Waals surface area contributed by atoms with Crippen molar-refractivity contribution in [2.45, 2.75) is 140 Å². The van der Waals surface area contributed by atoms with Crippen molar-refractivity contribution >= 4 is 17.1 Å². The fourth-order valence-corrected chi connectivity index (χ4v) is 14.2. The van der Waals surface area contributed by atoms with Gasteiger partial charge in [-0.2, -0.15) is 0 Å². The largest absolute Gasteiger partial charge is 0.285 e. The number of hydrogen-bond donors (Lipinski definition) is 0. The van der Waals surface area contributed by atoms with Crippen LogP contribution in [0.4, 0.5) is 17.1 Å². The number of quaternary nitrogens is 1. The average molecular weight is 576 g/mol. The fourth-order valence-electron chi connectivity index (χ4n) is 14.2. The SMILES string of the molecule is CCC1(C)c2cc3c(cc2N2c4cc5c(cc4[N+](C)(C)C2C1(C)CC)C1CC2CC(CC5C2)C1)C1CC2CC(C1)CC3C2. The van der Waals surface area contributed by atoms with E-state index in [1.54, 1.807) is 44.9 Å². The van der Waals surface area contributed by atoms with Crippen LogP contribution in [0.5, 0.6) is 0 Å². The molecule has 12 rings (SSSR count). The first-order chi connectivity index (χ1) is 20.6. The van der Waals surface area contributed by atoms with Crippen LogP contribution in [0.2, 0.25) is 0 Å². The van der Waals surface area contributed by atoms with Crippen molar-refractivity contribution in [3.8, 4) is 0 Å². The molecule has 2 nitrogen and oxygen atoms in total. The molecule has 0 spiro atoms. The predicted octanol–water partition coefficient (Wildman–Crippen LogP) is 10.6. The van der Waals surface area contributed by atoms with Crippen LogP contribution in [0.25, 0.3) is 0 Å². The highest BCUT2D eigenvalue weighted by atomic mass is 15.5. The van der Waals surface area contributed by atoms with Crippen LogP contribution >= 0.6 is 0 Å². The summed E-state index contributed by atoms with van der Waals surface area (Å²) >= 11 is 0. The van der Waals surface area contributed by atoms with E-state index < -0.39 is 0 Å². The second-order valence-electron chi connectivity index (χ2n) is 18.3. The zero-order chi connectivity index (χ0) is 29.2. The Hall–Kier alpha value is -1.80. The average Bonchev–Trinajstić information content (AvgIpc) is 3.07. The summed E-state index contributed by atoms with van der Waals surface area (Å²) in [6.07, 6.45) is 17.6. The Bertz CT molecular complexity index is 1520. The minimum Gasteiger partial charge on any atom is -0.285 e. The van der Waals surface area contributed by atoms with Gasteiger partial charge in [0, 0.05) is 16.9 Å². The summed E-state index contributed by atoms with van der Waals surface area (Å²) in [6, 6.07) is 11.3. The quantitative estimate of drug-likeness (QED) is 0.322. The van der Waals surface area contributed by atoms with Crippen LogP contribution in [0, 0.1) is 29.1 Å². The van der Waals surface area contributed by atoms with Gasteiger partial charge in [-0.05, 0) is 164 Å². The van der Waals surface area contributed by atoms with Crippen LogP contribution in [0.3, 0.4) is 0 Å². The molecular formula is C41H55N2+. The Morgan fingerprint density at radius 2 is 1.05 bits per heavy atom. The van der Waals surface area contributed by atoms with E-state index >= 15 is 0 Å². The lowest BCUT2D eigenvalue weighted by molar-refractivity contribution is 0.0345. The maximum atomic E-state index is 2.97. The summed E-state index contributed by atoms with van der Waals surface area (Å²) in [7, 11) is 5.16. The van der Waals surface area contributed by atoms with E-state index in [2.05, 4.69) is 71.0 Å². The van der Waals surface area contributed by atoms with Crippen molar-refractivity contribution in [1.29, 1.82) is 0 Å². The van der Waals surface area contributed by atoms with E-state index in [0.717, 1.165) is 51.8 Å². The van der Waals surface area contributed by atoms with Crippen molar-refractivity contribution < 1.29 is 0 Å². The monoisotopic (exact) mass is 575 g/mol. The molecule has 4 fully saturated rings. The van der Waals surface area contributed by atoms with Gasteiger partial charge in [0.25, 0.3) is 0 Å². The van der Waals surface area contributed by atoms with Crippen LogP contribution in [-0.4, -0.2) is 20.3 Å². The normalized spacial score (nSPS) is 45.3. The molecule has 0 saturated heterocycles. The van der Waals surface area contributed by atoms with E-state index in [9.17, 15) is 0 Å². The van der Waals surface area contributed by atoms with Crippen molar-refractivity contribution in [2.24, 2.45) is 29.1 Å². The lowest BCUT2D eigenvalue weighted by Crippen LogP contribution is -2.68. The minimum atomic E-state index is 0.156. The van der Waals surface area contributed by atoms with E-state index in [1.165, 1.54) is 77.0 Å². The topological polar surface area (TPSA) is 3.24 Å². The fraction of sp³-hybridized carbons (Fsp3) is 0.707. The van der Waals surface area contributed by atoms with Crippen molar-refractivity contribution in [1.82, 2.24) is 4.48 Å². The van der Waals surface area contributed by atoms with E-state index in [1.807, 2.05) is 0 Å². The molecule has 228 valence electrons. The molecule has 7 unspecified atom stereocenters. The highest BCUT2D eigenvalue weighted by Crippen LogP contribution is 2.68. The first-order valence-corrected chi connectivity index (χ1v) is 18.6. The molecule has 7 atom stereocenters. The number of nitrogens with zero attached hydrogens (tertiary/aromatic N) is 2. The molecule has 2 aliphatic heterocycles. The van der Waals surface area contributed by atoms with E-state index in [0.29, 0.717) is 6.17 Å². The number of benzene rings is 2. The maximum absolute atomic E-state index is 2.97. The van der Waals surface area contributed by atoms with Gasteiger partial charge in [0.1, 0.15) is 5.69 Å². The van der Waals surface area contributed by atoms with E-state index in [-0.39, 0.29) is 10.8 Å². The molecule has 0 radical (unpaired) electrons. The smallest absolute Gasteiger partial charge is 0.179 e. The summed E-state index contributed by atoms with van der Waals surface area (Å²) in [5.74, 6) is 7.11. The van der Waals surface area contributed by atoms with Gasteiger partial charge in [-0.3, -0.25) is 9.38 Å². The number of rotatable bonds is 2. The molecule has 8 bridgehead atoms. The Morgan fingerprint density at radius 1 is 0.605 bits per heavy atom. The van der Waals surface area contributed by atoms with Gasteiger partial charge in [-0.1, -0.05) is 33.8 Å². The molecule has 43 heavy (non-hydrogen) atoms. The summed E-state index contributed by atoms with van der Waals surface area (Å²) in [4.78, 5) is 2.97. The number of hydrogen-bond acceptors (Lipinski definition) is 1. The van der Waals surface area contributed by atoms with Gasteiger partial charge in [-0.25, -0.2) is 0 Å². The molecule has 2 heteroatoms. The van der Waals surface area contributed by atoms with Crippen LogP contribution < -0.4 is 9.38 Å². The Balaban J connectivity index is 1.24. The highest BCUT2D eigenvalue weighted by Gasteiger charge is 2.66. The van der Waals surface area contributed by atoms with Gasteiger partial charge in [0.2, 0.25) is 0 Å². The standard InChI is InChI=1S/C41H55N2/c1-7-40(3)35-19-31-27-11-23-9-24(12-27)14-28(13-23)32(31)20-36(35)42-37-21-33-29-15-25-10-26(16-29)18-30(17-25)34(33)22-38(37)43(5,6)39(42)41(40,4)8-2/h19-30,39H,7-18H2,1-6H3/q+1. The molecule has 2 aromatic carbocycles. The molecule has 8 aliphatic carbocycles. The van der Waals surface area contributed by atoms with Crippen molar-refractivity contribution in [3.05, 3.63) is 52.1 Å². The third kappa shape index (κ3) is 3.12. The summed E-state index contributed by atoms with van der Waals surface area (Å²) in [5, 5.41) is 0. The number of fused-ring (bicyclic) bond motifs is 5. The molecular weight excluding hydrogens is 520 g/mol. The van der Waals surface area contributed by atoms with Gasteiger partial charge in [-0.15, -0.1) is 0 Å². The Kier molecular flexibility index (Phi) is 5.11. The third-order valence-electron chi connectivity index (χ3n) is 16.3. The molecule has 4 saturated carbocycles. The molecule has 0 aromatic heterocycles. The third-order valence-corrected chi connectivity index (χ3v) is 16.3.